The van der Waals surface area contributed by atoms with Crippen LogP contribution in [-0.2, 0) is 19.6 Å². The van der Waals surface area contributed by atoms with Gasteiger partial charge in [0.25, 0.3) is 5.91 Å². The minimum absolute atomic E-state index is 0.122. The van der Waals surface area contributed by atoms with Crippen LogP contribution < -0.4 is 15.4 Å². The van der Waals surface area contributed by atoms with Gasteiger partial charge in [-0.25, -0.2) is 14.4 Å². The van der Waals surface area contributed by atoms with Gasteiger partial charge in [0.2, 0.25) is 0 Å². The molecule has 0 radical (unpaired) electrons. The van der Waals surface area contributed by atoms with Crippen LogP contribution in [-0.4, -0.2) is 52.7 Å². The number of carbonyl (C=O) groups is 1. The van der Waals surface area contributed by atoms with E-state index in [0.717, 1.165) is 12.1 Å². The van der Waals surface area contributed by atoms with Crippen molar-refractivity contribution >= 4 is 44.6 Å². The molecule has 0 saturated heterocycles. The second-order valence-electron chi connectivity index (χ2n) is 7.28. The van der Waals surface area contributed by atoms with Crippen molar-refractivity contribution in [2.45, 2.75) is 19.2 Å². The van der Waals surface area contributed by atoms with Gasteiger partial charge in [0.1, 0.15) is 30.3 Å². The zero-order chi connectivity index (χ0) is 25.8. The lowest BCUT2D eigenvalue weighted by Gasteiger charge is -2.20. The SMILES string of the molecule is Cc1cc(N=[S-](C)=O)cc2ncnc(Nc3ccc(F)cc3O[C@H](CO)C(=O)NCC(F)(F)F)c12. The molecule has 0 aliphatic carbocycles. The molecule has 0 spiro atoms. The molecule has 1 aromatic heterocycles. The van der Waals surface area contributed by atoms with E-state index in [2.05, 4.69) is 19.6 Å². The molecule has 0 aliphatic heterocycles. The third kappa shape index (κ3) is 6.99. The first-order valence-electron chi connectivity index (χ1n) is 9.96. The maximum Gasteiger partial charge on any atom is 0.405 e. The number of benzene rings is 2. The highest BCUT2D eigenvalue weighted by atomic mass is 32.2. The summed E-state index contributed by atoms with van der Waals surface area (Å²) in [5.74, 6) is -1.95. The van der Waals surface area contributed by atoms with Crippen LogP contribution in [0.3, 0.4) is 0 Å². The number of aryl methyl sites for hydroxylation is 1. The van der Waals surface area contributed by atoms with Gasteiger partial charge in [-0.2, -0.15) is 23.8 Å². The zero-order valence-electron chi connectivity index (χ0n) is 18.4. The van der Waals surface area contributed by atoms with Crippen molar-refractivity contribution in [3.8, 4) is 5.75 Å². The van der Waals surface area contributed by atoms with Crippen molar-refractivity contribution in [1.82, 2.24) is 15.3 Å². The number of nitrogens with one attached hydrogen (secondary N) is 2. The fraction of sp³-hybridized carbons (Fsp3) is 0.286. The Kier molecular flexibility index (Phi) is 8.07. The molecule has 2 aromatic carbocycles. The van der Waals surface area contributed by atoms with Gasteiger partial charge >= 0.3 is 6.18 Å². The molecule has 3 N–H and O–H groups in total. The maximum atomic E-state index is 13.9. The summed E-state index contributed by atoms with van der Waals surface area (Å²) < 4.78 is 71.9. The first kappa shape index (κ1) is 26.1. The number of halogens is 4. The van der Waals surface area contributed by atoms with Crippen LogP contribution in [0.4, 0.5) is 34.8 Å². The monoisotopic (exact) mass is 514 g/mol. The number of aromatic nitrogens is 2. The van der Waals surface area contributed by atoms with Crippen LogP contribution in [0.25, 0.3) is 10.9 Å². The van der Waals surface area contributed by atoms with Crippen LogP contribution in [0, 0.1) is 12.7 Å². The second kappa shape index (κ2) is 10.8. The largest absolute Gasteiger partial charge is 0.476 e. The number of hydrogen-bond acceptors (Lipinski definition) is 9. The lowest BCUT2D eigenvalue weighted by molar-refractivity contribution is -0.143. The molecule has 35 heavy (non-hydrogen) atoms. The van der Waals surface area contributed by atoms with E-state index in [9.17, 15) is 31.7 Å². The standard InChI is InChI=1S/C21H20F4N5O4S/c1-11-5-13(30-35(2)33)7-15-18(11)19(28-10-27-15)29-14-4-3-12(22)6-16(14)34-17(8-31)20(32)26-9-21(23,24)25/h3-7,10,17,31H,8-9H2,1-2H3,(H,26,32)(H,27,28,29)/q-1/t17-/m1/s1. The number of carbonyl (C=O) groups excluding carboxylic acids is 1. The number of hydrogen-bond donors (Lipinski definition) is 3. The molecular formula is C21H20F4N5O4S-. The fourth-order valence-electron chi connectivity index (χ4n) is 3.12. The van der Waals surface area contributed by atoms with Crippen LogP contribution >= 0.6 is 0 Å². The summed E-state index contributed by atoms with van der Waals surface area (Å²) in [7, 11) is -1.43. The third-order valence-electron chi connectivity index (χ3n) is 4.54. The summed E-state index contributed by atoms with van der Waals surface area (Å²) in [5, 5.41) is 14.6. The highest BCUT2D eigenvalue weighted by Crippen LogP contribution is 2.34. The Morgan fingerprint density at radius 2 is 2.00 bits per heavy atom. The van der Waals surface area contributed by atoms with Crippen molar-refractivity contribution in [3.63, 3.8) is 0 Å². The summed E-state index contributed by atoms with van der Waals surface area (Å²) in [6, 6.07) is 6.56. The zero-order valence-corrected chi connectivity index (χ0v) is 19.2. The van der Waals surface area contributed by atoms with Crippen molar-refractivity contribution in [1.29, 1.82) is 0 Å². The van der Waals surface area contributed by atoms with E-state index in [0.29, 0.717) is 22.2 Å². The molecule has 0 saturated carbocycles. The van der Waals surface area contributed by atoms with E-state index in [4.69, 9.17) is 4.74 Å². The Bertz CT molecular complexity index is 1330. The van der Waals surface area contributed by atoms with Crippen LogP contribution in [0.15, 0.2) is 41.0 Å². The molecule has 9 nitrogen and oxygen atoms in total. The summed E-state index contributed by atoms with van der Waals surface area (Å²) in [5.41, 5.74) is 1.72. The number of fused-ring (bicyclic) bond motifs is 1. The van der Waals surface area contributed by atoms with Crippen LogP contribution in [0.1, 0.15) is 5.56 Å². The van der Waals surface area contributed by atoms with Gasteiger partial charge in [-0.1, -0.05) is 0 Å². The second-order valence-corrected chi connectivity index (χ2v) is 8.31. The first-order valence-corrected chi connectivity index (χ1v) is 11.5. The van der Waals surface area contributed by atoms with Gasteiger partial charge in [0.15, 0.2) is 6.10 Å². The molecule has 0 aliphatic rings. The number of alkyl halides is 3. The van der Waals surface area contributed by atoms with Crippen LogP contribution in [0.5, 0.6) is 5.75 Å². The fourth-order valence-corrected chi connectivity index (χ4v) is 3.52. The van der Waals surface area contributed by atoms with Crippen molar-refractivity contribution < 1.29 is 36.4 Å². The highest BCUT2D eigenvalue weighted by Gasteiger charge is 2.30. The molecule has 0 unspecified atom stereocenters. The molecule has 14 heteroatoms. The lowest BCUT2D eigenvalue weighted by Crippen LogP contribution is -2.44. The Morgan fingerprint density at radius 1 is 1.26 bits per heavy atom. The number of aliphatic hydroxyl groups excluding tert-OH is 1. The number of amides is 1. The molecule has 3 rings (SSSR count). The Morgan fingerprint density at radius 3 is 2.66 bits per heavy atom. The predicted molar refractivity (Wildman–Crippen MR) is 121 cm³/mol. The Balaban J connectivity index is 1.94. The number of ether oxygens (including phenoxy) is 1. The Hall–Kier alpha value is -3.52. The number of rotatable bonds is 8. The number of aliphatic hydroxyl groups is 1. The van der Waals surface area contributed by atoms with Gasteiger partial charge in [-0.15, -0.1) is 6.26 Å². The summed E-state index contributed by atoms with van der Waals surface area (Å²) >= 11 is 0. The molecular weight excluding hydrogens is 494 g/mol. The topological polar surface area (TPSA) is 126 Å². The molecule has 1 amide bonds. The molecule has 0 fully saturated rings. The minimum atomic E-state index is -4.66. The van der Waals surface area contributed by atoms with E-state index in [1.807, 2.05) is 0 Å². The van der Waals surface area contributed by atoms with E-state index >= 15 is 0 Å². The summed E-state index contributed by atoms with van der Waals surface area (Å²) in [6.45, 7) is -0.824. The van der Waals surface area contributed by atoms with E-state index in [1.54, 1.807) is 24.4 Å². The van der Waals surface area contributed by atoms with Crippen LogP contribution in [0.2, 0.25) is 0 Å². The first-order chi connectivity index (χ1) is 16.5. The lowest BCUT2D eigenvalue weighted by atomic mass is 10.1. The molecule has 0 bridgehead atoms. The smallest absolute Gasteiger partial charge is 0.405 e. The van der Waals surface area contributed by atoms with Gasteiger partial charge in [0.05, 0.1) is 17.8 Å². The predicted octanol–water partition coefficient (Wildman–Crippen LogP) is 3.65. The Labute approximate surface area is 198 Å². The number of nitrogens with zero attached hydrogens (tertiary/aromatic N) is 3. The highest BCUT2D eigenvalue weighted by molar-refractivity contribution is 7.74. The maximum absolute atomic E-state index is 13.9. The van der Waals surface area contributed by atoms with Crippen molar-refractivity contribution in [2.24, 2.45) is 4.36 Å². The van der Waals surface area contributed by atoms with E-state index in [-0.39, 0.29) is 17.3 Å². The number of anilines is 2. The van der Waals surface area contributed by atoms with Gasteiger partial charge in [-0.05, 0) is 36.8 Å². The van der Waals surface area contributed by atoms with Gasteiger partial charge in [0, 0.05) is 17.1 Å². The average Bonchev–Trinajstić information content (AvgIpc) is 2.76. The molecule has 3 aromatic rings. The molecule has 1 atom stereocenters. The summed E-state index contributed by atoms with van der Waals surface area (Å²) in [4.78, 5) is 20.4. The molecule has 188 valence electrons. The molecule has 1 heterocycles. The third-order valence-corrected chi connectivity index (χ3v) is 5.01. The van der Waals surface area contributed by atoms with Crippen molar-refractivity contribution in [3.05, 3.63) is 48.0 Å². The minimum Gasteiger partial charge on any atom is -0.476 e. The average molecular weight is 514 g/mol. The van der Waals surface area contributed by atoms with E-state index in [1.165, 1.54) is 18.6 Å². The van der Waals surface area contributed by atoms with Gasteiger partial charge in [-0.3, -0.25) is 4.79 Å². The van der Waals surface area contributed by atoms with E-state index < -0.39 is 47.8 Å². The van der Waals surface area contributed by atoms with Gasteiger partial charge < -0.3 is 29.0 Å². The summed E-state index contributed by atoms with van der Waals surface area (Å²) in [6.07, 6.45) is -3.72. The van der Waals surface area contributed by atoms with Crippen molar-refractivity contribution in [2.75, 3.05) is 24.7 Å². The quantitative estimate of drug-likeness (QED) is 0.310. The normalized spacial score (nSPS) is 13.5.